The number of carbonyl (C=O) groups is 2. The predicted molar refractivity (Wildman–Crippen MR) is 73.9 cm³/mol. The van der Waals surface area contributed by atoms with E-state index in [0.717, 1.165) is 0 Å². The summed E-state index contributed by atoms with van der Waals surface area (Å²) < 4.78 is 5.29. The van der Waals surface area contributed by atoms with E-state index >= 15 is 0 Å². The first-order valence-electron chi connectivity index (χ1n) is 6.49. The zero-order chi connectivity index (χ0) is 14.5. The van der Waals surface area contributed by atoms with Crippen LogP contribution in [0.5, 0.6) is 0 Å². The van der Waals surface area contributed by atoms with Crippen LogP contribution in [0.4, 0.5) is 10.5 Å². The van der Waals surface area contributed by atoms with Crippen molar-refractivity contribution in [3.05, 3.63) is 29.8 Å². The number of aliphatic hydroxyl groups excluding tert-OH is 1. The molecule has 0 bridgehead atoms. The number of aliphatic hydroxyl groups is 1. The van der Waals surface area contributed by atoms with Gasteiger partial charge in [-0.05, 0) is 31.2 Å². The van der Waals surface area contributed by atoms with Crippen LogP contribution in [0, 0.1) is 0 Å². The minimum Gasteiger partial charge on any atom is -0.394 e. The minimum atomic E-state index is -0.324. The lowest BCUT2D eigenvalue weighted by atomic mass is 10.1. The second kappa shape index (κ2) is 6.49. The van der Waals surface area contributed by atoms with E-state index in [2.05, 4.69) is 5.32 Å². The van der Waals surface area contributed by atoms with Crippen molar-refractivity contribution in [1.82, 2.24) is 4.90 Å². The quantitative estimate of drug-likeness (QED) is 0.812. The number of benzene rings is 1. The van der Waals surface area contributed by atoms with E-state index in [0.29, 0.717) is 30.9 Å². The number of ketones is 1. The molecule has 2 amide bonds. The molecule has 1 atom stereocenters. The predicted octanol–water partition coefficient (Wildman–Crippen LogP) is 1.11. The number of hydrogen-bond donors (Lipinski definition) is 2. The number of nitrogens with zero attached hydrogens (tertiary/aromatic N) is 1. The minimum absolute atomic E-state index is 0.0122. The summed E-state index contributed by atoms with van der Waals surface area (Å²) in [6.07, 6.45) is -0.324. The molecule has 0 aromatic heterocycles. The van der Waals surface area contributed by atoms with Crippen molar-refractivity contribution in [2.45, 2.75) is 13.0 Å². The summed E-state index contributed by atoms with van der Waals surface area (Å²) in [4.78, 5) is 24.8. The lowest BCUT2D eigenvalue weighted by Gasteiger charge is -2.32. The summed E-state index contributed by atoms with van der Waals surface area (Å²) >= 11 is 0. The van der Waals surface area contributed by atoms with E-state index in [1.165, 1.54) is 6.92 Å². The molecule has 1 heterocycles. The molecule has 1 aliphatic heterocycles. The molecule has 1 fully saturated rings. The van der Waals surface area contributed by atoms with E-state index < -0.39 is 0 Å². The molecular formula is C14H18N2O4. The average molecular weight is 278 g/mol. The Morgan fingerprint density at radius 3 is 2.70 bits per heavy atom. The molecule has 108 valence electrons. The molecule has 6 heteroatoms. The van der Waals surface area contributed by atoms with Gasteiger partial charge in [-0.1, -0.05) is 0 Å². The maximum Gasteiger partial charge on any atom is 0.322 e. The lowest BCUT2D eigenvalue weighted by molar-refractivity contribution is -0.0388. The Kier molecular flexibility index (Phi) is 4.70. The third-order valence-corrected chi connectivity index (χ3v) is 3.17. The van der Waals surface area contributed by atoms with Gasteiger partial charge < -0.3 is 20.1 Å². The van der Waals surface area contributed by atoms with Gasteiger partial charge in [0.1, 0.15) is 0 Å². The van der Waals surface area contributed by atoms with Gasteiger partial charge in [0.15, 0.2) is 5.78 Å². The number of rotatable bonds is 3. The Labute approximate surface area is 117 Å². The number of hydrogen-bond acceptors (Lipinski definition) is 4. The Hall–Kier alpha value is -1.92. The fraction of sp³-hybridized carbons (Fsp3) is 0.429. The van der Waals surface area contributed by atoms with E-state index in [1.807, 2.05) is 0 Å². The fourth-order valence-electron chi connectivity index (χ4n) is 2.01. The van der Waals surface area contributed by atoms with Crippen LogP contribution in [0.15, 0.2) is 24.3 Å². The first-order valence-corrected chi connectivity index (χ1v) is 6.49. The van der Waals surface area contributed by atoms with E-state index in [-0.39, 0.29) is 24.5 Å². The van der Waals surface area contributed by atoms with Crippen molar-refractivity contribution in [2.75, 3.05) is 31.6 Å². The molecular weight excluding hydrogens is 260 g/mol. The van der Waals surface area contributed by atoms with Crippen LogP contribution >= 0.6 is 0 Å². The molecule has 1 aromatic rings. The number of morpholine rings is 1. The SMILES string of the molecule is CC(=O)c1ccc(NC(=O)N2CCOC(CO)C2)cc1. The van der Waals surface area contributed by atoms with Gasteiger partial charge in [-0.15, -0.1) is 0 Å². The van der Waals surface area contributed by atoms with Gasteiger partial charge in [0.2, 0.25) is 0 Å². The van der Waals surface area contributed by atoms with Gasteiger partial charge in [0, 0.05) is 17.8 Å². The highest BCUT2D eigenvalue weighted by atomic mass is 16.5. The van der Waals surface area contributed by atoms with Crippen LogP contribution in [0.3, 0.4) is 0 Å². The van der Waals surface area contributed by atoms with Crippen molar-refractivity contribution < 1.29 is 19.4 Å². The molecule has 0 spiro atoms. The first-order chi connectivity index (χ1) is 9.60. The summed E-state index contributed by atoms with van der Waals surface area (Å²) in [5.41, 5.74) is 1.24. The summed E-state index contributed by atoms with van der Waals surface area (Å²) in [5.74, 6) is -0.0122. The Balaban J connectivity index is 1.95. The molecule has 1 saturated heterocycles. The summed E-state index contributed by atoms with van der Waals surface area (Å²) in [5, 5.41) is 11.8. The van der Waals surface area contributed by atoms with Gasteiger partial charge >= 0.3 is 6.03 Å². The Morgan fingerprint density at radius 1 is 1.40 bits per heavy atom. The normalized spacial score (nSPS) is 18.7. The molecule has 1 aromatic carbocycles. The van der Waals surface area contributed by atoms with Crippen LogP contribution in [-0.2, 0) is 4.74 Å². The molecule has 1 unspecified atom stereocenters. The van der Waals surface area contributed by atoms with Crippen LogP contribution in [0.2, 0.25) is 0 Å². The second-order valence-corrected chi connectivity index (χ2v) is 4.69. The highest BCUT2D eigenvalue weighted by Gasteiger charge is 2.23. The standard InChI is InChI=1S/C14H18N2O4/c1-10(18)11-2-4-12(5-3-11)15-14(19)16-6-7-20-13(8-16)9-17/h2-5,13,17H,6-9H2,1H3,(H,15,19). The Morgan fingerprint density at radius 2 is 2.10 bits per heavy atom. The smallest absolute Gasteiger partial charge is 0.322 e. The number of carbonyl (C=O) groups excluding carboxylic acids is 2. The summed E-state index contributed by atoms with van der Waals surface area (Å²) in [6, 6.07) is 6.50. The number of Topliss-reactive ketones (excluding diaryl/α,β-unsaturated/α-hetero) is 1. The molecule has 1 aliphatic rings. The molecule has 2 rings (SSSR count). The van der Waals surface area contributed by atoms with Crippen molar-refractivity contribution in [1.29, 1.82) is 0 Å². The van der Waals surface area contributed by atoms with Gasteiger partial charge in [-0.25, -0.2) is 4.79 Å². The fourth-order valence-corrected chi connectivity index (χ4v) is 2.01. The van der Waals surface area contributed by atoms with Gasteiger partial charge in [-0.3, -0.25) is 4.79 Å². The molecule has 2 N–H and O–H groups in total. The number of nitrogens with one attached hydrogen (secondary N) is 1. The number of ether oxygens (including phenoxy) is 1. The van der Waals surface area contributed by atoms with Crippen LogP contribution in [-0.4, -0.2) is 54.2 Å². The van der Waals surface area contributed by atoms with E-state index in [4.69, 9.17) is 9.84 Å². The highest BCUT2D eigenvalue weighted by Crippen LogP contribution is 2.12. The van der Waals surface area contributed by atoms with E-state index in [1.54, 1.807) is 29.2 Å². The third-order valence-electron chi connectivity index (χ3n) is 3.17. The van der Waals surface area contributed by atoms with Crippen LogP contribution < -0.4 is 5.32 Å². The summed E-state index contributed by atoms with van der Waals surface area (Å²) in [6.45, 7) is 2.68. The monoisotopic (exact) mass is 278 g/mol. The third kappa shape index (κ3) is 3.55. The van der Waals surface area contributed by atoms with Crippen LogP contribution in [0.1, 0.15) is 17.3 Å². The first kappa shape index (κ1) is 14.5. The number of anilines is 1. The van der Waals surface area contributed by atoms with Crippen LogP contribution in [0.25, 0.3) is 0 Å². The number of amides is 2. The van der Waals surface area contributed by atoms with Gasteiger partial charge in [-0.2, -0.15) is 0 Å². The summed E-state index contributed by atoms with van der Waals surface area (Å²) in [7, 11) is 0. The second-order valence-electron chi connectivity index (χ2n) is 4.69. The number of urea groups is 1. The molecule has 6 nitrogen and oxygen atoms in total. The maximum atomic E-state index is 12.1. The van der Waals surface area contributed by atoms with Crippen molar-refractivity contribution in [3.63, 3.8) is 0 Å². The highest BCUT2D eigenvalue weighted by molar-refractivity contribution is 5.95. The van der Waals surface area contributed by atoms with Crippen molar-refractivity contribution in [3.8, 4) is 0 Å². The maximum absolute atomic E-state index is 12.1. The topological polar surface area (TPSA) is 78.9 Å². The molecule has 0 saturated carbocycles. The van der Waals surface area contributed by atoms with E-state index in [9.17, 15) is 9.59 Å². The van der Waals surface area contributed by atoms with Crippen molar-refractivity contribution >= 4 is 17.5 Å². The van der Waals surface area contributed by atoms with Gasteiger partial charge in [0.25, 0.3) is 0 Å². The zero-order valence-electron chi connectivity index (χ0n) is 11.3. The zero-order valence-corrected chi connectivity index (χ0v) is 11.3. The molecule has 0 radical (unpaired) electrons. The van der Waals surface area contributed by atoms with Crippen molar-refractivity contribution in [2.24, 2.45) is 0 Å². The lowest BCUT2D eigenvalue weighted by Crippen LogP contribution is -2.48. The molecule has 20 heavy (non-hydrogen) atoms. The van der Waals surface area contributed by atoms with Gasteiger partial charge in [0.05, 0.1) is 25.9 Å². The average Bonchev–Trinajstić information content (AvgIpc) is 2.47. The Bertz CT molecular complexity index is 486. The largest absolute Gasteiger partial charge is 0.394 e. The molecule has 0 aliphatic carbocycles.